The van der Waals surface area contributed by atoms with Crippen LogP contribution >= 0.6 is 0 Å². The minimum atomic E-state index is 0.542. The molecule has 1 fully saturated rings. The Morgan fingerprint density at radius 1 is 1.39 bits per heavy atom. The van der Waals surface area contributed by atoms with Crippen LogP contribution < -0.4 is 5.73 Å². The SMILES string of the molecule is CN(C)Cc1cccc(C2CC(CN)CN2C)c1. The van der Waals surface area contributed by atoms with Gasteiger partial charge in [0, 0.05) is 19.1 Å². The minimum absolute atomic E-state index is 0.542. The molecule has 1 heterocycles. The van der Waals surface area contributed by atoms with Crippen molar-refractivity contribution in [1.29, 1.82) is 0 Å². The molecule has 3 nitrogen and oxygen atoms in total. The van der Waals surface area contributed by atoms with Crippen molar-refractivity contribution in [2.24, 2.45) is 11.7 Å². The highest BCUT2D eigenvalue weighted by Gasteiger charge is 2.29. The van der Waals surface area contributed by atoms with Gasteiger partial charge in [0.2, 0.25) is 0 Å². The van der Waals surface area contributed by atoms with E-state index in [2.05, 4.69) is 55.2 Å². The van der Waals surface area contributed by atoms with Gasteiger partial charge in [-0.3, -0.25) is 4.90 Å². The summed E-state index contributed by atoms with van der Waals surface area (Å²) in [6.07, 6.45) is 1.19. The van der Waals surface area contributed by atoms with Crippen LogP contribution in [0.15, 0.2) is 24.3 Å². The smallest absolute Gasteiger partial charge is 0.0348 e. The molecule has 1 aliphatic rings. The number of nitrogens with two attached hydrogens (primary N) is 1. The van der Waals surface area contributed by atoms with Crippen LogP contribution in [0.5, 0.6) is 0 Å². The van der Waals surface area contributed by atoms with E-state index in [1.54, 1.807) is 0 Å². The summed E-state index contributed by atoms with van der Waals surface area (Å²) in [6, 6.07) is 9.52. The van der Waals surface area contributed by atoms with E-state index in [-0.39, 0.29) is 0 Å². The van der Waals surface area contributed by atoms with Gasteiger partial charge in [-0.1, -0.05) is 24.3 Å². The Morgan fingerprint density at radius 3 is 2.78 bits per heavy atom. The molecular weight excluding hydrogens is 222 g/mol. The van der Waals surface area contributed by atoms with E-state index in [1.165, 1.54) is 17.5 Å². The molecule has 2 unspecified atom stereocenters. The fourth-order valence-corrected chi connectivity index (χ4v) is 2.93. The molecule has 0 aliphatic carbocycles. The van der Waals surface area contributed by atoms with E-state index >= 15 is 0 Å². The first-order valence-corrected chi connectivity index (χ1v) is 6.74. The quantitative estimate of drug-likeness (QED) is 0.879. The molecule has 1 saturated heterocycles. The summed E-state index contributed by atoms with van der Waals surface area (Å²) in [4.78, 5) is 4.65. The lowest BCUT2D eigenvalue weighted by atomic mass is 9.98. The van der Waals surface area contributed by atoms with Gasteiger partial charge in [0.15, 0.2) is 0 Å². The third-order valence-electron chi connectivity index (χ3n) is 3.80. The largest absolute Gasteiger partial charge is 0.330 e. The zero-order valence-electron chi connectivity index (χ0n) is 11.8. The van der Waals surface area contributed by atoms with E-state index < -0.39 is 0 Å². The molecular formula is C15H25N3. The molecule has 3 heteroatoms. The highest BCUT2D eigenvalue weighted by Crippen LogP contribution is 2.33. The van der Waals surface area contributed by atoms with Gasteiger partial charge >= 0.3 is 0 Å². The van der Waals surface area contributed by atoms with Crippen LogP contribution in [0.3, 0.4) is 0 Å². The Kier molecular flexibility index (Phi) is 4.38. The van der Waals surface area contributed by atoms with Gasteiger partial charge in [-0.05, 0) is 51.2 Å². The lowest BCUT2D eigenvalue weighted by Gasteiger charge is -2.20. The van der Waals surface area contributed by atoms with Gasteiger partial charge in [-0.15, -0.1) is 0 Å². The molecule has 0 spiro atoms. The number of nitrogens with zero attached hydrogens (tertiary/aromatic N) is 2. The molecule has 0 amide bonds. The molecule has 2 rings (SSSR count). The van der Waals surface area contributed by atoms with E-state index in [9.17, 15) is 0 Å². The molecule has 0 aromatic heterocycles. The minimum Gasteiger partial charge on any atom is -0.330 e. The van der Waals surface area contributed by atoms with E-state index in [0.717, 1.165) is 19.6 Å². The third-order valence-corrected chi connectivity index (χ3v) is 3.80. The van der Waals surface area contributed by atoms with E-state index in [0.29, 0.717) is 12.0 Å². The summed E-state index contributed by atoms with van der Waals surface area (Å²) >= 11 is 0. The maximum Gasteiger partial charge on any atom is 0.0348 e. The topological polar surface area (TPSA) is 32.5 Å². The van der Waals surface area contributed by atoms with Crippen LogP contribution in [-0.2, 0) is 6.54 Å². The summed E-state index contributed by atoms with van der Waals surface area (Å²) in [5.41, 5.74) is 8.63. The van der Waals surface area contributed by atoms with Crippen molar-refractivity contribution >= 4 is 0 Å². The van der Waals surface area contributed by atoms with Crippen molar-refractivity contribution in [3.05, 3.63) is 35.4 Å². The number of benzene rings is 1. The number of rotatable bonds is 4. The van der Waals surface area contributed by atoms with Crippen molar-refractivity contribution in [2.45, 2.75) is 19.0 Å². The maximum atomic E-state index is 5.80. The highest BCUT2D eigenvalue weighted by atomic mass is 15.2. The van der Waals surface area contributed by atoms with Crippen LogP contribution in [0.2, 0.25) is 0 Å². The lowest BCUT2D eigenvalue weighted by Crippen LogP contribution is -2.20. The zero-order valence-corrected chi connectivity index (χ0v) is 11.8. The third kappa shape index (κ3) is 3.10. The van der Waals surface area contributed by atoms with Crippen molar-refractivity contribution in [1.82, 2.24) is 9.80 Å². The molecule has 0 radical (unpaired) electrons. The average molecular weight is 247 g/mol. The maximum absolute atomic E-state index is 5.80. The molecule has 0 bridgehead atoms. The van der Waals surface area contributed by atoms with Gasteiger partial charge in [0.1, 0.15) is 0 Å². The summed E-state index contributed by atoms with van der Waals surface area (Å²) in [6.45, 7) is 2.93. The van der Waals surface area contributed by atoms with Crippen molar-refractivity contribution in [2.75, 3.05) is 34.2 Å². The van der Waals surface area contributed by atoms with Gasteiger partial charge < -0.3 is 10.6 Å². The van der Waals surface area contributed by atoms with Crippen LogP contribution in [0.25, 0.3) is 0 Å². The predicted molar refractivity (Wildman–Crippen MR) is 76.4 cm³/mol. The second-order valence-electron chi connectivity index (χ2n) is 5.78. The Bertz CT molecular complexity index is 389. The molecule has 0 saturated carbocycles. The molecule has 1 aliphatic heterocycles. The molecule has 1 aromatic rings. The first-order valence-electron chi connectivity index (χ1n) is 6.74. The van der Waals surface area contributed by atoms with Gasteiger partial charge in [0.25, 0.3) is 0 Å². The fraction of sp³-hybridized carbons (Fsp3) is 0.600. The summed E-state index contributed by atoms with van der Waals surface area (Å²) in [5.74, 6) is 0.650. The molecule has 1 aromatic carbocycles. The first kappa shape index (κ1) is 13.5. The van der Waals surface area contributed by atoms with Crippen LogP contribution in [0.4, 0.5) is 0 Å². The molecule has 18 heavy (non-hydrogen) atoms. The second kappa shape index (κ2) is 5.83. The van der Waals surface area contributed by atoms with E-state index in [1.807, 2.05) is 0 Å². The molecule has 2 N–H and O–H groups in total. The molecule has 2 atom stereocenters. The zero-order chi connectivity index (χ0) is 13.1. The van der Waals surface area contributed by atoms with Crippen LogP contribution in [-0.4, -0.2) is 44.0 Å². The Hall–Kier alpha value is -0.900. The summed E-state index contributed by atoms with van der Waals surface area (Å²) < 4.78 is 0. The number of hydrogen-bond donors (Lipinski definition) is 1. The Labute approximate surface area is 111 Å². The summed E-state index contributed by atoms with van der Waals surface area (Å²) in [5, 5.41) is 0. The monoisotopic (exact) mass is 247 g/mol. The average Bonchev–Trinajstić information content (AvgIpc) is 2.70. The van der Waals surface area contributed by atoms with Gasteiger partial charge in [0.05, 0.1) is 0 Å². The number of hydrogen-bond acceptors (Lipinski definition) is 3. The highest BCUT2D eigenvalue weighted by molar-refractivity contribution is 5.27. The predicted octanol–water partition coefficient (Wildman–Crippen LogP) is 1.70. The summed E-state index contributed by atoms with van der Waals surface area (Å²) in [7, 11) is 6.43. The first-order chi connectivity index (χ1) is 8.60. The molecule has 100 valence electrons. The van der Waals surface area contributed by atoms with Crippen LogP contribution in [0.1, 0.15) is 23.6 Å². The van der Waals surface area contributed by atoms with Crippen molar-refractivity contribution in [3.63, 3.8) is 0 Å². The van der Waals surface area contributed by atoms with Gasteiger partial charge in [-0.2, -0.15) is 0 Å². The standard InChI is InChI=1S/C15H25N3/c1-17(2)10-12-5-4-6-14(7-12)15-8-13(9-16)11-18(15)3/h4-7,13,15H,8-11,16H2,1-3H3. The van der Waals surface area contributed by atoms with E-state index in [4.69, 9.17) is 5.73 Å². The Balaban J connectivity index is 2.13. The van der Waals surface area contributed by atoms with Crippen molar-refractivity contribution < 1.29 is 0 Å². The van der Waals surface area contributed by atoms with Gasteiger partial charge in [-0.25, -0.2) is 0 Å². The number of likely N-dealkylation sites (tertiary alicyclic amines) is 1. The lowest BCUT2D eigenvalue weighted by molar-refractivity contribution is 0.313. The van der Waals surface area contributed by atoms with Crippen molar-refractivity contribution in [3.8, 4) is 0 Å². The Morgan fingerprint density at radius 2 is 2.17 bits per heavy atom. The normalized spacial score (nSPS) is 24.9. The second-order valence-corrected chi connectivity index (χ2v) is 5.78. The fourth-order valence-electron chi connectivity index (χ4n) is 2.93. The van der Waals surface area contributed by atoms with Crippen LogP contribution in [0, 0.1) is 5.92 Å².